The fourth-order valence-corrected chi connectivity index (χ4v) is 9.71. The van der Waals surface area contributed by atoms with Gasteiger partial charge in [0.1, 0.15) is 24.0 Å². The Hall–Kier alpha value is -2.86. The highest BCUT2D eigenvalue weighted by atomic mass is 79.9. The van der Waals surface area contributed by atoms with Crippen LogP contribution in [0.5, 0.6) is 11.6 Å². The number of fused-ring (bicyclic) bond motifs is 5. The number of nitrogens with zero attached hydrogens (tertiary/aromatic N) is 4. The van der Waals surface area contributed by atoms with E-state index in [-0.39, 0.29) is 11.3 Å². The van der Waals surface area contributed by atoms with Crippen molar-refractivity contribution in [3.8, 4) is 17.7 Å². The van der Waals surface area contributed by atoms with E-state index >= 15 is 0 Å². The second-order valence-corrected chi connectivity index (χ2v) is 14.1. The number of hydrogen-bond acceptors (Lipinski definition) is 7. The van der Waals surface area contributed by atoms with Crippen LogP contribution >= 0.6 is 15.9 Å². The molecule has 2 unspecified atom stereocenters. The number of aromatic nitrogens is 1. The van der Waals surface area contributed by atoms with E-state index in [4.69, 9.17) is 9.72 Å². The van der Waals surface area contributed by atoms with Crippen LogP contribution in [0.3, 0.4) is 0 Å². The van der Waals surface area contributed by atoms with Crippen LogP contribution in [-0.2, 0) is 13.0 Å². The molecule has 5 aliphatic rings. The number of pyridine rings is 1. The number of phenols is 1. The molecule has 3 saturated heterocycles. The number of nitriles is 1. The molecule has 2 atom stereocenters. The van der Waals surface area contributed by atoms with Crippen molar-refractivity contribution in [3.63, 3.8) is 0 Å². The number of halogens is 1. The number of nitrogens with one attached hydrogen (secondary N) is 1. The third kappa shape index (κ3) is 4.23. The Balaban J connectivity index is 1.23. The van der Waals surface area contributed by atoms with Crippen LogP contribution in [0.4, 0.5) is 5.69 Å². The smallest absolute Gasteiger partial charge is 0.232 e. The molecule has 8 rings (SSSR count). The van der Waals surface area contributed by atoms with Crippen LogP contribution in [0.25, 0.3) is 10.8 Å². The van der Waals surface area contributed by atoms with Gasteiger partial charge in [-0.15, -0.1) is 0 Å². The lowest BCUT2D eigenvalue weighted by Gasteiger charge is -2.37. The maximum Gasteiger partial charge on any atom is 0.232 e. The summed E-state index contributed by atoms with van der Waals surface area (Å²) in [6, 6.07) is 12.3. The molecule has 2 bridgehead atoms. The lowest BCUT2D eigenvalue weighted by Crippen LogP contribution is -2.43. The monoisotopic (exact) mass is 627 g/mol. The van der Waals surface area contributed by atoms with E-state index in [2.05, 4.69) is 43.2 Å². The quantitative estimate of drug-likeness (QED) is 0.367. The van der Waals surface area contributed by atoms with Crippen LogP contribution in [0.1, 0.15) is 66.8 Å². The molecular formula is C34H38BrN5O2. The average molecular weight is 629 g/mol. The van der Waals surface area contributed by atoms with E-state index < -0.39 is 0 Å². The summed E-state index contributed by atoms with van der Waals surface area (Å²) in [5.74, 6) is 2.39. The van der Waals surface area contributed by atoms with Crippen LogP contribution in [0.2, 0.25) is 0 Å². The molecule has 0 radical (unpaired) electrons. The lowest BCUT2D eigenvalue weighted by atomic mass is 9.79. The highest BCUT2D eigenvalue weighted by molar-refractivity contribution is 9.10. The number of hydrogen-bond donors (Lipinski definition) is 2. The molecule has 1 aromatic heterocycles. The van der Waals surface area contributed by atoms with E-state index in [1.165, 1.54) is 49.8 Å². The summed E-state index contributed by atoms with van der Waals surface area (Å²) < 4.78 is 7.70. The molecule has 8 heteroatoms. The molecule has 5 heterocycles. The SMILES string of the molecule is N#Cc1c(OCC23CCCN2CCC3)nc(C2C3CCC2CNC3)c2c1CN(c1cc(O)cc3cccc(Br)c13)CC2. The van der Waals surface area contributed by atoms with Gasteiger partial charge in [0.25, 0.3) is 0 Å². The molecule has 2 aromatic carbocycles. The topological polar surface area (TPSA) is 84.7 Å². The molecule has 218 valence electrons. The zero-order valence-electron chi connectivity index (χ0n) is 24.0. The number of ether oxygens (including phenoxy) is 1. The minimum Gasteiger partial charge on any atom is -0.508 e. The van der Waals surface area contributed by atoms with Crippen LogP contribution in [-0.4, -0.2) is 59.9 Å². The Labute approximate surface area is 256 Å². The zero-order chi connectivity index (χ0) is 28.4. The van der Waals surface area contributed by atoms with Crippen LogP contribution in [0, 0.1) is 23.2 Å². The predicted molar refractivity (Wildman–Crippen MR) is 167 cm³/mol. The molecule has 42 heavy (non-hydrogen) atoms. The molecule has 1 aliphatic carbocycles. The van der Waals surface area contributed by atoms with Crippen molar-refractivity contribution in [1.82, 2.24) is 15.2 Å². The Kier molecular flexibility index (Phi) is 6.62. The van der Waals surface area contributed by atoms with E-state index in [1.807, 2.05) is 24.3 Å². The second-order valence-electron chi connectivity index (χ2n) is 13.2. The Bertz CT molecular complexity index is 1580. The van der Waals surface area contributed by atoms with Gasteiger partial charge >= 0.3 is 0 Å². The molecule has 4 fully saturated rings. The van der Waals surface area contributed by atoms with Gasteiger partial charge in [-0.2, -0.15) is 5.26 Å². The summed E-state index contributed by atoms with van der Waals surface area (Å²) in [4.78, 5) is 10.2. The Morgan fingerprint density at radius 2 is 1.88 bits per heavy atom. The van der Waals surface area contributed by atoms with Crippen molar-refractivity contribution in [2.75, 3.05) is 44.2 Å². The predicted octanol–water partition coefficient (Wildman–Crippen LogP) is 5.86. The standard InChI is InChI=1S/C34H38BrN5O2/c35-28-5-1-4-21-14-24(41)15-29(31(21)28)39-13-8-25-27(19-39)26(16-36)33(42-20-34-9-2-11-40(34)12-3-10-34)38-32(25)30-22-6-7-23(30)18-37-17-22/h1,4-5,14-15,22-23,30,37,41H,2-3,6-13,17-20H2. The fraction of sp³-hybridized carbons (Fsp3) is 0.529. The van der Waals surface area contributed by atoms with Gasteiger partial charge in [0.2, 0.25) is 5.88 Å². The van der Waals surface area contributed by atoms with Crippen molar-refractivity contribution in [3.05, 3.63) is 57.2 Å². The van der Waals surface area contributed by atoms with E-state index in [1.54, 1.807) is 0 Å². The van der Waals surface area contributed by atoms with E-state index in [9.17, 15) is 10.4 Å². The van der Waals surface area contributed by atoms with Crippen molar-refractivity contribution < 1.29 is 9.84 Å². The molecule has 4 aliphatic heterocycles. The molecule has 2 N–H and O–H groups in total. The Morgan fingerprint density at radius 3 is 2.64 bits per heavy atom. The summed E-state index contributed by atoms with van der Waals surface area (Å²) in [6.45, 7) is 6.41. The van der Waals surface area contributed by atoms with Crippen molar-refractivity contribution >= 4 is 32.4 Å². The summed E-state index contributed by atoms with van der Waals surface area (Å²) in [5.41, 5.74) is 5.21. The van der Waals surface area contributed by atoms with Crippen molar-refractivity contribution in [1.29, 1.82) is 5.26 Å². The van der Waals surface area contributed by atoms with Crippen LogP contribution in [0.15, 0.2) is 34.8 Å². The average Bonchev–Trinajstić information content (AvgIpc) is 3.65. The van der Waals surface area contributed by atoms with Gasteiger partial charge in [0, 0.05) is 40.6 Å². The fourth-order valence-electron chi connectivity index (χ4n) is 9.13. The molecule has 7 nitrogen and oxygen atoms in total. The summed E-state index contributed by atoms with van der Waals surface area (Å²) >= 11 is 3.77. The maximum atomic E-state index is 10.7. The zero-order valence-corrected chi connectivity index (χ0v) is 25.6. The number of benzene rings is 2. The van der Waals surface area contributed by atoms with Gasteiger partial charge in [0.15, 0.2) is 0 Å². The van der Waals surface area contributed by atoms with E-state index in [0.717, 1.165) is 65.6 Å². The largest absolute Gasteiger partial charge is 0.508 e. The maximum absolute atomic E-state index is 10.7. The van der Waals surface area contributed by atoms with Gasteiger partial charge in [0.05, 0.1) is 11.2 Å². The first kappa shape index (κ1) is 26.7. The van der Waals surface area contributed by atoms with Gasteiger partial charge in [-0.3, -0.25) is 4.90 Å². The minimum atomic E-state index is 0.0943. The Morgan fingerprint density at radius 1 is 1.10 bits per heavy atom. The molecule has 3 aromatic rings. The van der Waals surface area contributed by atoms with Crippen LogP contribution < -0.4 is 15.0 Å². The van der Waals surface area contributed by atoms with Gasteiger partial charge < -0.3 is 20.1 Å². The van der Waals surface area contributed by atoms with Gasteiger partial charge in [-0.05, 0) is 112 Å². The normalized spacial score (nSPS) is 26.3. The number of phenolic OH excluding ortho intramolecular Hbond substituents is 1. The molecule has 0 amide bonds. The summed E-state index contributed by atoms with van der Waals surface area (Å²) in [5, 5.41) is 27.0. The molecule has 0 spiro atoms. The summed E-state index contributed by atoms with van der Waals surface area (Å²) in [7, 11) is 0. The molecular weight excluding hydrogens is 590 g/mol. The first-order valence-electron chi connectivity index (χ1n) is 15.8. The molecule has 1 saturated carbocycles. The van der Waals surface area contributed by atoms with Crippen molar-refractivity contribution in [2.24, 2.45) is 11.8 Å². The number of aromatic hydroxyl groups is 1. The first-order chi connectivity index (χ1) is 20.5. The second kappa shape index (κ2) is 10.4. The third-order valence-corrected chi connectivity index (χ3v) is 11.7. The van der Waals surface area contributed by atoms with Crippen molar-refractivity contribution in [2.45, 2.75) is 62.9 Å². The lowest BCUT2D eigenvalue weighted by molar-refractivity contribution is 0.110. The number of anilines is 1. The first-order valence-corrected chi connectivity index (χ1v) is 16.5. The highest BCUT2D eigenvalue weighted by Gasteiger charge is 2.46. The minimum absolute atomic E-state index is 0.0943. The number of piperidine rings is 1. The third-order valence-electron chi connectivity index (χ3n) is 11.1. The number of rotatable bonds is 5. The van der Waals surface area contributed by atoms with Gasteiger partial charge in [-0.1, -0.05) is 28.1 Å². The summed E-state index contributed by atoms with van der Waals surface area (Å²) in [6.07, 6.45) is 8.08. The van der Waals surface area contributed by atoms with Gasteiger partial charge in [-0.25, -0.2) is 4.98 Å². The highest BCUT2D eigenvalue weighted by Crippen LogP contribution is 2.49. The van der Waals surface area contributed by atoms with E-state index in [0.29, 0.717) is 42.3 Å².